The van der Waals surface area contributed by atoms with Crippen LogP contribution < -0.4 is 21.9 Å². The third-order valence-corrected chi connectivity index (χ3v) is 6.63. The smallest absolute Gasteiger partial charge is 0.326 e. The number of fused-ring (bicyclic) bond motifs is 1. The number of carboxylic acids is 1. The van der Waals surface area contributed by atoms with Gasteiger partial charge in [-0.1, -0.05) is 5.92 Å². The van der Waals surface area contributed by atoms with Crippen molar-refractivity contribution in [1.29, 1.82) is 0 Å². The van der Waals surface area contributed by atoms with Crippen LogP contribution in [-0.2, 0) is 43.1 Å². The second-order valence-electron chi connectivity index (χ2n) is 10.3. The van der Waals surface area contributed by atoms with Crippen LogP contribution in [0.25, 0.3) is 11.2 Å². The van der Waals surface area contributed by atoms with Crippen LogP contribution in [0.15, 0.2) is 39.7 Å². The number of carbonyl (C=O) groups excluding carboxylic acids is 1. The number of hydrogen-bond donors (Lipinski definition) is 5. The van der Waals surface area contributed by atoms with Gasteiger partial charge in [0, 0.05) is 24.1 Å². The molecule has 0 radical (unpaired) electrons. The molecule has 49 heavy (non-hydrogen) atoms. The lowest BCUT2D eigenvalue weighted by molar-refractivity contribution is -0.139. The van der Waals surface area contributed by atoms with E-state index in [0.717, 1.165) is 0 Å². The highest BCUT2D eigenvalue weighted by molar-refractivity contribution is 5.96. The fourth-order valence-electron chi connectivity index (χ4n) is 4.20. The molecular formula is C31H37N9O9. The van der Waals surface area contributed by atoms with Crippen molar-refractivity contribution in [3.8, 4) is 12.3 Å². The average molecular weight is 680 g/mol. The molecule has 1 atom stereocenters. The fraction of sp³-hybridized carbons (Fsp3) is 0.419. The minimum atomic E-state index is -1.20. The van der Waals surface area contributed by atoms with Crippen LogP contribution in [0, 0.1) is 12.3 Å². The summed E-state index contributed by atoms with van der Waals surface area (Å²) in [7, 11) is 0. The van der Waals surface area contributed by atoms with Crippen molar-refractivity contribution in [3.05, 3.63) is 63.9 Å². The molecule has 4 rings (SSSR count). The molecule has 18 nitrogen and oxygen atoms in total. The van der Waals surface area contributed by atoms with Crippen LogP contribution in [0.4, 0.5) is 11.6 Å². The molecule has 4 aromatic rings. The monoisotopic (exact) mass is 679 g/mol. The van der Waals surface area contributed by atoms with E-state index < -0.39 is 23.5 Å². The van der Waals surface area contributed by atoms with Crippen molar-refractivity contribution in [2.24, 2.45) is 0 Å². The van der Waals surface area contributed by atoms with Gasteiger partial charge < -0.3 is 44.8 Å². The lowest BCUT2D eigenvalue weighted by Crippen LogP contribution is -2.41. The molecular weight excluding hydrogens is 642 g/mol. The predicted molar refractivity (Wildman–Crippen MR) is 173 cm³/mol. The Bertz CT molecular complexity index is 1760. The predicted octanol–water partition coefficient (Wildman–Crippen LogP) is 0.348. The van der Waals surface area contributed by atoms with Crippen LogP contribution in [0.2, 0.25) is 0 Å². The molecule has 0 unspecified atom stereocenters. The normalized spacial score (nSPS) is 11.7. The standard InChI is InChI=1S/C31H37N9O9/c1-2-10-45-12-14-47-16-17-48-15-13-46-11-9-25-40-39-24(49-25)8-7-23(30(43)44)36-28(41)20-3-5-21(6-4-20)33-18-22-19-34-27-26(35-22)29(42)38-31(32)37-27/h1,3-6,19,23,33H,7-18H2,(H,36,41)(H,43,44)(H3,32,34,37,38,42)/t23-/m0/s1. The molecule has 6 N–H and O–H groups in total. The summed E-state index contributed by atoms with van der Waals surface area (Å²) in [4.78, 5) is 51.4. The number of nitrogens with zero attached hydrogens (tertiary/aromatic N) is 5. The molecule has 18 heteroatoms. The number of nitrogens with two attached hydrogens (primary N) is 1. The number of aromatic nitrogens is 6. The van der Waals surface area contributed by atoms with Crippen LogP contribution in [0.3, 0.4) is 0 Å². The molecule has 0 saturated heterocycles. The molecule has 260 valence electrons. The highest BCUT2D eigenvalue weighted by atomic mass is 16.6. The van der Waals surface area contributed by atoms with Gasteiger partial charge in [0.05, 0.1) is 64.7 Å². The number of carbonyl (C=O) groups is 2. The Labute approximate surface area is 280 Å². The maximum atomic E-state index is 12.8. The van der Waals surface area contributed by atoms with Crippen LogP contribution >= 0.6 is 0 Å². The zero-order valence-electron chi connectivity index (χ0n) is 26.6. The summed E-state index contributed by atoms with van der Waals surface area (Å²) in [6, 6.07) is 5.23. The van der Waals surface area contributed by atoms with Crippen LogP contribution in [0.5, 0.6) is 0 Å². The summed E-state index contributed by atoms with van der Waals surface area (Å²) in [6.45, 7) is 3.36. The number of aryl methyl sites for hydroxylation is 1. The first-order valence-electron chi connectivity index (χ1n) is 15.3. The second kappa shape index (κ2) is 19.4. The van der Waals surface area contributed by atoms with Crippen LogP contribution in [-0.4, -0.2) is 106 Å². The van der Waals surface area contributed by atoms with Gasteiger partial charge in [0.1, 0.15) is 12.6 Å². The minimum absolute atomic E-state index is 0.0373. The number of amides is 1. The highest BCUT2D eigenvalue weighted by Gasteiger charge is 2.22. The minimum Gasteiger partial charge on any atom is -0.480 e. The number of terminal acetylenes is 1. The molecule has 0 saturated carbocycles. The van der Waals surface area contributed by atoms with Crippen molar-refractivity contribution in [3.63, 3.8) is 0 Å². The number of rotatable bonds is 22. The third kappa shape index (κ3) is 12.2. The Kier molecular flexibility index (Phi) is 14.4. The fourth-order valence-corrected chi connectivity index (χ4v) is 4.20. The zero-order valence-corrected chi connectivity index (χ0v) is 26.6. The topological polar surface area (TPSA) is 252 Å². The Morgan fingerprint density at radius 3 is 2.29 bits per heavy atom. The molecule has 0 aliphatic rings. The quantitative estimate of drug-likeness (QED) is 0.0555. The van der Waals surface area contributed by atoms with Crippen LogP contribution in [0.1, 0.15) is 34.3 Å². The van der Waals surface area contributed by atoms with E-state index in [4.69, 9.17) is 35.5 Å². The van der Waals surface area contributed by atoms with E-state index in [0.29, 0.717) is 69.9 Å². The van der Waals surface area contributed by atoms with Gasteiger partial charge in [0.25, 0.3) is 11.5 Å². The van der Waals surface area contributed by atoms with Gasteiger partial charge in [-0.25, -0.2) is 14.8 Å². The van der Waals surface area contributed by atoms with Crippen molar-refractivity contribution in [2.75, 3.05) is 63.9 Å². The number of H-pyrrole nitrogens is 1. The van der Waals surface area contributed by atoms with Gasteiger partial charge in [-0.15, -0.1) is 16.6 Å². The van der Waals surface area contributed by atoms with Gasteiger partial charge in [0.15, 0.2) is 11.2 Å². The van der Waals surface area contributed by atoms with Crippen molar-refractivity contribution >= 4 is 34.7 Å². The first-order chi connectivity index (χ1) is 23.8. The number of carboxylic acid groups (broad SMARTS) is 1. The van der Waals surface area contributed by atoms with E-state index in [-0.39, 0.29) is 54.6 Å². The van der Waals surface area contributed by atoms with Gasteiger partial charge in [-0.3, -0.25) is 14.6 Å². The molecule has 1 aromatic carbocycles. The first kappa shape index (κ1) is 36.4. The SMILES string of the molecule is C#CCOCCOCCOCCOCCc1nnc(CC[C@H](NC(=O)c2ccc(NCc3cnc4nc(N)[nH]c(=O)c4n3)cc2)C(=O)O)o1. The Hall–Kier alpha value is -5.48. The largest absolute Gasteiger partial charge is 0.480 e. The summed E-state index contributed by atoms with van der Waals surface area (Å²) < 4.78 is 27.0. The van der Waals surface area contributed by atoms with E-state index in [1.54, 1.807) is 24.3 Å². The van der Waals surface area contributed by atoms with Crippen molar-refractivity contribution in [2.45, 2.75) is 31.8 Å². The number of nitrogens with one attached hydrogen (secondary N) is 3. The second-order valence-corrected chi connectivity index (χ2v) is 10.3. The number of hydrogen-bond acceptors (Lipinski definition) is 15. The maximum Gasteiger partial charge on any atom is 0.326 e. The average Bonchev–Trinajstić information content (AvgIpc) is 3.55. The number of aliphatic carboxylic acids is 1. The molecule has 3 aromatic heterocycles. The lowest BCUT2D eigenvalue weighted by atomic mass is 10.1. The number of nitrogen functional groups attached to an aromatic ring is 1. The van der Waals surface area contributed by atoms with Gasteiger partial charge >= 0.3 is 5.97 Å². The Morgan fingerprint density at radius 2 is 1.61 bits per heavy atom. The van der Waals surface area contributed by atoms with E-state index in [1.165, 1.54) is 6.20 Å². The molecule has 0 bridgehead atoms. The Balaban J connectivity index is 1.12. The Morgan fingerprint density at radius 1 is 0.959 bits per heavy atom. The van der Waals surface area contributed by atoms with Gasteiger partial charge in [-0.2, -0.15) is 4.98 Å². The lowest BCUT2D eigenvalue weighted by Gasteiger charge is -2.14. The number of ether oxygens (including phenoxy) is 4. The van der Waals surface area contributed by atoms with E-state index in [9.17, 15) is 19.5 Å². The zero-order chi connectivity index (χ0) is 34.8. The van der Waals surface area contributed by atoms with E-state index in [2.05, 4.69) is 46.7 Å². The summed E-state index contributed by atoms with van der Waals surface area (Å²) in [6.07, 6.45) is 7.11. The van der Waals surface area contributed by atoms with E-state index >= 15 is 0 Å². The molecule has 0 aliphatic heterocycles. The molecule has 3 heterocycles. The molecule has 0 fully saturated rings. The number of aromatic amines is 1. The summed E-state index contributed by atoms with van der Waals surface area (Å²) in [5.41, 5.74) is 6.64. The van der Waals surface area contributed by atoms with Crippen molar-refractivity contribution in [1.82, 2.24) is 35.5 Å². The van der Waals surface area contributed by atoms with Gasteiger partial charge in [0.2, 0.25) is 17.7 Å². The molecule has 1 amide bonds. The molecule has 0 spiro atoms. The highest BCUT2D eigenvalue weighted by Crippen LogP contribution is 2.13. The number of benzene rings is 1. The third-order valence-electron chi connectivity index (χ3n) is 6.63. The van der Waals surface area contributed by atoms with Crippen molar-refractivity contribution < 1.29 is 38.1 Å². The van der Waals surface area contributed by atoms with E-state index in [1.807, 2.05) is 0 Å². The first-order valence-corrected chi connectivity index (χ1v) is 15.3. The maximum absolute atomic E-state index is 12.8. The number of anilines is 2. The summed E-state index contributed by atoms with van der Waals surface area (Å²) in [5.74, 6) is 1.17. The molecule has 0 aliphatic carbocycles. The summed E-state index contributed by atoms with van der Waals surface area (Å²) in [5, 5.41) is 23.3. The summed E-state index contributed by atoms with van der Waals surface area (Å²) >= 11 is 0. The van der Waals surface area contributed by atoms with Gasteiger partial charge in [-0.05, 0) is 30.7 Å².